The predicted octanol–water partition coefficient (Wildman–Crippen LogP) is 5.60. The Morgan fingerprint density at radius 3 is 2.41 bits per heavy atom. The minimum absolute atomic E-state index is 0.233. The van der Waals surface area contributed by atoms with Crippen molar-refractivity contribution in [1.29, 1.82) is 0 Å². The molecule has 0 bridgehead atoms. The fourth-order valence-corrected chi connectivity index (χ4v) is 2.74. The van der Waals surface area contributed by atoms with Gasteiger partial charge in [-0.25, -0.2) is 9.79 Å². The molecule has 0 saturated carbocycles. The summed E-state index contributed by atoms with van der Waals surface area (Å²) in [7, 11) is 1.91. The highest BCUT2D eigenvalue weighted by atomic mass is 19.4. The molecule has 0 fully saturated rings. The van der Waals surface area contributed by atoms with Gasteiger partial charge in [0.25, 0.3) is 0 Å². The number of benzene rings is 2. The zero-order chi connectivity index (χ0) is 21.8. The van der Waals surface area contributed by atoms with Gasteiger partial charge in [-0.1, -0.05) is 11.6 Å². The zero-order valence-corrected chi connectivity index (χ0v) is 17.2. The van der Waals surface area contributed by atoms with Crippen LogP contribution in [-0.2, 0) is 17.5 Å². The van der Waals surface area contributed by atoms with Crippen molar-refractivity contribution in [3.63, 3.8) is 0 Å². The fraction of sp³-hybridized carbons (Fsp3) is 0.364. The lowest BCUT2D eigenvalue weighted by Gasteiger charge is -2.13. The van der Waals surface area contributed by atoms with Gasteiger partial charge in [0.1, 0.15) is 6.61 Å². The van der Waals surface area contributed by atoms with Crippen molar-refractivity contribution in [3.8, 4) is 0 Å². The van der Waals surface area contributed by atoms with E-state index in [1.807, 2.05) is 25.8 Å². The van der Waals surface area contributed by atoms with Gasteiger partial charge in [-0.15, -0.1) is 0 Å². The lowest BCUT2D eigenvalue weighted by molar-refractivity contribution is -0.137. The van der Waals surface area contributed by atoms with Crippen molar-refractivity contribution in [2.75, 3.05) is 13.6 Å². The van der Waals surface area contributed by atoms with Gasteiger partial charge >= 0.3 is 12.1 Å². The summed E-state index contributed by atoms with van der Waals surface area (Å²) >= 11 is 0. The van der Waals surface area contributed by atoms with Crippen LogP contribution in [0, 0.1) is 20.8 Å². The maximum atomic E-state index is 13.0. The van der Waals surface area contributed by atoms with Gasteiger partial charge < -0.3 is 9.64 Å². The molecule has 0 atom stereocenters. The van der Waals surface area contributed by atoms with Gasteiger partial charge in [0.05, 0.1) is 23.2 Å². The minimum atomic E-state index is -4.44. The number of halogens is 3. The summed E-state index contributed by atoms with van der Waals surface area (Å²) in [5, 5.41) is 0. The third kappa shape index (κ3) is 6.07. The molecule has 2 aromatic rings. The fourth-order valence-electron chi connectivity index (χ4n) is 2.74. The third-order valence-corrected chi connectivity index (χ3v) is 4.49. The highest BCUT2D eigenvalue weighted by molar-refractivity contribution is 5.92. The van der Waals surface area contributed by atoms with E-state index in [-0.39, 0.29) is 6.61 Å². The van der Waals surface area contributed by atoms with Crippen LogP contribution in [0.3, 0.4) is 0 Å². The molecular formula is C22H25F3N2O2. The van der Waals surface area contributed by atoms with Crippen LogP contribution >= 0.6 is 0 Å². The normalized spacial score (nSPS) is 11.7. The first-order chi connectivity index (χ1) is 13.5. The molecule has 2 aromatic carbocycles. The lowest BCUT2D eigenvalue weighted by Crippen LogP contribution is -2.14. The van der Waals surface area contributed by atoms with Crippen molar-refractivity contribution in [2.45, 2.75) is 40.5 Å². The Morgan fingerprint density at radius 1 is 1.10 bits per heavy atom. The van der Waals surface area contributed by atoms with E-state index in [1.165, 1.54) is 0 Å². The molecule has 0 unspecified atom stereocenters. The average Bonchev–Trinajstić information content (AvgIpc) is 2.65. The second kappa shape index (κ2) is 9.11. The van der Waals surface area contributed by atoms with Crippen LogP contribution in [0.25, 0.3) is 0 Å². The van der Waals surface area contributed by atoms with Gasteiger partial charge in [-0.2, -0.15) is 13.2 Å². The molecule has 0 aliphatic rings. The first-order valence-corrected chi connectivity index (χ1v) is 9.21. The largest absolute Gasteiger partial charge is 0.457 e. The van der Waals surface area contributed by atoms with Gasteiger partial charge in [-0.05, 0) is 68.7 Å². The number of aryl methyl sites for hydroxylation is 3. The van der Waals surface area contributed by atoms with Crippen molar-refractivity contribution in [2.24, 2.45) is 4.99 Å². The van der Waals surface area contributed by atoms with Crippen LogP contribution in [0.4, 0.5) is 18.9 Å². The second-order valence-electron chi connectivity index (χ2n) is 7.05. The molecule has 0 N–H and O–H groups in total. The Kier molecular flexibility index (Phi) is 7.06. The first-order valence-electron chi connectivity index (χ1n) is 9.21. The summed E-state index contributed by atoms with van der Waals surface area (Å²) in [5.41, 5.74) is 2.60. The molecule has 0 heterocycles. The van der Waals surface area contributed by atoms with E-state index in [4.69, 9.17) is 4.74 Å². The molecule has 0 saturated heterocycles. The van der Waals surface area contributed by atoms with Gasteiger partial charge in [0.2, 0.25) is 0 Å². The number of hydrogen-bond donors (Lipinski definition) is 0. The van der Waals surface area contributed by atoms with Gasteiger partial charge in [0.15, 0.2) is 0 Å². The van der Waals surface area contributed by atoms with Crippen LogP contribution < -0.4 is 0 Å². The number of carbonyl (C=O) groups is 1. The summed E-state index contributed by atoms with van der Waals surface area (Å²) in [6.07, 6.45) is -2.73. The molecule has 0 aromatic heterocycles. The zero-order valence-electron chi connectivity index (χ0n) is 17.2. The maximum Gasteiger partial charge on any atom is 0.416 e. The average molecular weight is 406 g/mol. The molecule has 0 radical (unpaired) electrons. The van der Waals surface area contributed by atoms with E-state index >= 15 is 0 Å². The monoisotopic (exact) mass is 406 g/mol. The summed E-state index contributed by atoms with van der Waals surface area (Å²) < 4.78 is 44.2. The molecule has 4 nitrogen and oxygen atoms in total. The number of hydrogen-bond acceptors (Lipinski definition) is 3. The topological polar surface area (TPSA) is 41.9 Å². The number of ether oxygens (including phenoxy) is 1. The van der Waals surface area contributed by atoms with Crippen LogP contribution in [0.2, 0.25) is 0 Å². The molecule has 7 heteroatoms. The number of carbonyl (C=O) groups excluding carboxylic acids is 1. The standard InChI is InChI=1S/C22H25F3N2O2/c1-6-27(5)13-26-20-10-15(3)19(9-16(20)4)21(28)29-12-17-7-14(2)8-18(11-17)22(23,24)25/h7-11,13H,6,12H2,1-5H3. The molecule has 0 aliphatic carbocycles. The van der Waals surface area contributed by atoms with E-state index in [2.05, 4.69) is 4.99 Å². The van der Waals surface area contributed by atoms with E-state index in [0.29, 0.717) is 22.3 Å². The smallest absolute Gasteiger partial charge is 0.416 e. The number of esters is 1. The molecule has 29 heavy (non-hydrogen) atoms. The number of alkyl halides is 3. The van der Waals surface area contributed by atoms with Crippen LogP contribution in [-0.4, -0.2) is 30.8 Å². The molecule has 0 amide bonds. The Morgan fingerprint density at radius 2 is 1.79 bits per heavy atom. The summed E-state index contributed by atoms with van der Waals surface area (Å²) in [5.74, 6) is -0.582. The Bertz CT molecular complexity index is 921. The molecule has 2 rings (SSSR count). The SMILES string of the molecule is CCN(C)C=Nc1cc(C)c(C(=O)OCc2cc(C)cc(C(F)(F)F)c2)cc1C. The molecule has 156 valence electrons. The highest BCUT2D eigenvalue weighted by Gasteiger charge is 2.31. The van der Waals surface area contributed by atoms with E-state index in [0.717, 1.165) is 29.9 Å². The van der Waals surface area contributed by atoms with Crippen molar-refractivity contribution < 1.29 is 22.7 Å². The number of rotatable bonds is 6. The third-order valence-electron chi connectivity index (χ3n) is 4.49. The van der Waals surface area contributed by atoms with Crippen LogP contribution in [0.5, 0.6) is 0 Å². The second-order valence-corrected chi connectivity index (χ2v) is 7.05. The van der Waals surface area contributed by atoms with Crippen molar-refractivity contribution >= 4 is 18.0 Å². The van der Waals surface area contributed by atoms with Crippen molar-refractivity contribution in [3.05, 3.63) is 63.7 Å². The summed E-state index contributed by atoms with van der Waals surface area (Å²) in [4.78, 5) is 18.8. The Labute approximate surface area is 169 Å². The Balaban J connectivity index is 2.17. The van der Waals surface area contributed by atoms with E-state index in [9.17, 15) is 18.0 Å². The van der Waals surface area contributed by atoms with Crippen LogP contribution in [0.15, 0.2) is 35.3 Å². The quantitative estimate of drug-likeness (QED) is 0.356. The summed E-state index contributed by atoms with van der Waals surface area (Å²) in [6, 6.07) is 7.12. The molecule has 0 spiro atoms. The Hall–Kier alpha value is -2.83. The first kappa shape index (κ1) is 22.5. The number of aliphatic imine (C=N–C) groups is 1. The van der Waals surface area contributed by atoms with Crippen LogP contribution in [0.1, 0.15) is 45.1 Å². The minimum Gasteiger partial charge on any atom is -0.457 e. The van der Waals surface area contributed by atoms with Gasteiger partial charge in [-0.3, -0.25) is 0 Å². The summed E-state index contributed by atoms with van der Waals surface area (Å²) in [6.45, 7) is 7.78. The van der Waals surface area contributed by atoms with E-state index in [1.54, 1.807) is 38.4 Å². The molecular weight excluding hydrogens is 381 g/mol. The van der Waals surface area contributed by atoms with E-state index < -0.39 is 17.7 Å². The molecule has 0 aliphatic heterocycles. The van der Waals surface area contributed by atoms with Crippen molar-refractivity contribution in [1.82, 2.24) is 4.90 Å². The number of nitrogens with zero attached hydrogens (tertiary/aromatic N) is 2. The highest BCUT2D eigenvalue weighted by Crippen LogP contribution is 2.31. The maximum absolute atomic E-state index is 13.0. The lowest BCUT2D eigenvalue weighted by atomic mass is 10.0. The van der Waals surface area contributed by atoms with Gasteiger partial charge in [0, 0.05) is 13.6 Å². The predicted molar refractivity (Wildman–Crippen MR) is 108 cm³/mol.